The van der Waals surface area contributed by atoms with Crippen LogP contribution in [0, 0.1) is 0 Å². The summed E-state index contributed by atoms with van der Waals surface area (Å²) in [5.41, 5.74) is 0. The van der Waals surface area contributed by atoms with Crippen molar-refractivity contribution in [3.63, 3.8) is 0 Å². The van der Waals surface area contributed by atoms with Crippen molar-refractivity contribution in [2.24, 2.45) is 0 Å². The van der Waals surface area contributed by atoms with E-state index in [1.54, 1.807) is 0 Å². The van der Waals surface area contributed by atoms with Gasteiger partial charge in [0.25, 0.3) is 0 Å². The molecular weight excluding hydrogens is 117 g/mol. The minimum atomic E-state index is 0. The zero-order valence-electron chi connectivity index (χ0n) is 8.83. The molecule has 0 amide bonds. The molecule has 0 bridgehead atoms. The normalized spacial score (nSPS) is 1.14. The molecule has 0 unspecified atom stereocenters. The van der Waals surface area contributed by atoms with Crippen LogP contribution in [0.3, 0.4) is 0 Å². The van der Waals surface area contributed by atoms with E-state index >= 15 is 0 Å². The van der Waals surface area contributed by atoms with E-state index in [0.717, 1.165) is 0 Å². The van der Waals surface area contributed by atoms with Crippen LogP contribution < -0.4 is 88.7 Å². The summed E-state index contributed by atoms with van der Waals surface area (Å²) in [6.45, 7) is 12.0. The summed E-state index contributed by atoms with van der Waals surface area (Å²) in [5.74, 6) is 0. The van der Waals surface area contributed by atoms with E-state index in [4.69, 9.17) is 0 Å². The number of hydrogen-bond donors (Lipinski definition) is 0. The molecule has 0 rings (SSSR count). The Hall–Kier alpha value is 2.48. The molecule has 0 aromatic heterocycles. The standard InChI is InChI=1S/2C2H4.3Na.3H/c2*1-2;;;;;;/h2*1-2H2;;;;;;/q;;3*+1;3*-1. The van der Waals surface area contributed by atoms with Crippen LogP contribution in [-0.2, 0) is 0 Å². The molecule has 30 valence electrons. The van der Waals surface area contributed by atoms with E-state index < -0.39 is 0 Å². The van der Waals surface area contributed by atoms with E-state index in [1.165, 1.54) is 0 Å². The van der Waals surface area contributed by atoms with Crippen molar-refractivity contribution in [1.29, 1.82) is 0 Å². The maximum absolute atomic E-state index is 3.00. The Kier molecular flexibility index (Phi) is 374. The van der Waals surface area contributed by atoms with Crippen LogP contribution in [0.4, 0.5) is 0 Å². The van der Waals surface area contributed by atoms with Crippen molar-refractivity contribution in [2.75, 3.05) is 0 Å². The second-order valence-electron chi connectivity index (χ2n) is 0. The summed E-state index contributed by atoms with van der Waals surface area (Å²) in [6.07, 6.45) is 0. The molecule has 0 aliphatic rings. The predicted octanol–water partition coefficient (Wildman–Crippen LogP) is -7.05. The van der Waals surface area contributed by atoms with Gasteiger partial charge >= 0.3 is 88.7 Å². The predicted molar refractivity (Wildman–Crippen MR) is 25.8 cm³/mol. The van der Waals surface area contributed by atoms with Crippen LogP contribution in [0.15, 0.2) is 26.3 Å². The summed E-state index contributed by atoms with van der Waals surface area (Å²) in [4.78, 5) is 0. The Morgan fingerprint density at radius 3 is 0.571 bits per heavy atom. The molecule has 0 saturated heterocycles. The van der Waals surface area contributed by atoms with Gasteiger partial charge in [-0.05, 0) is 0 Å². The summed E-state index contributed by atoms with van der Waals surface area (Å²) in [7, 11) is 0. The number of hydrogen-bond acceptors (Lipinski definition) is 0. The molecule has 0 heterocycles. The fourth-order valence-electron chi connectivity index (χ4n) is 0. The van der Waals surface area contributed by atoms with Gasteiger partial charge in [-0.3, -0.25) is 0 Å². The van der Waals surface area contributed by atoms with Gasteiger partial charge in [-0.2, -0.15) is 0 Å². The third kappa shape index (κ3) is 57.9. The van der Waals surface area contributed by atoms with Crippen LogP contribution in [0.5, 0.6) is 0 Å². The van der Waals surface area contributed by atoms with Crippen molar-refractivity contribution in [1.82, 2.24) is 0 Å². The fourth-order valence-corrected chi connectivity index (χ4v) is 0. The third-order valence-corrected chi connectivity index (χ3v) is 0. The summed E-state index contributed by atoms with van der Waals surface area (Å²) in [6, 6.07) is 0. The van der Waals surface area contributed by atoms with Crippen molar-refractivity contribution < 1.29 is 93.0 Å². The SMILES string of the molecule is C=C.C=C.[H-].[H-].[H-].[Na+].[Na+].[Na+]. The topological polar surface area (TPSA) is 0 Å². The number of rotatable bonds is 0. The van der Waals surface area contributed by atoms with Gasteiger partial charge in [0.1, 0.15) is 0 Å². The zero-order chi connectivity index (χ0) is 4.00. The van der Waals surface area contributed by atoms with E-state index in [1.807, 2.05) is 0 Å². The average molecular weight is 128 g/mol. The van der Waals surface area contributed by atoms with E-state index in [-0.39, 0.29) is 93.0 Å². The smallest absolute Gasteiger partial charge is 1.00 e. The minimum Gasteiger partial charge on any atom is -1.00 e. The maximum atomic E-state index is 3.00. The second kappa shape index (κ2) is 77.1. The first kappa shape index (κ1) is 34.0. The van der Waals surface area contributed by atoms with Crippen LogP contribution in [-0.4, -0.2) is 0 Å². The fraction of sp³-hybridized carbons (Fsp3) is 0. The van der Waals surface area contributed by atoms with E-state index in [2.05, 4.69) is 26.3 Å². The Bertz CT molecular complexity index is 17.7. The molecular formula is C4H11Na3. The first-order valence-electron chi connectivity index (χ1n) is 1.000. The molecule has 3 heteroatoms. The molecule has 0 aromatic carbocycles. The molecule has 0 aliphatic heterocycles. The van der Waals surface area contributed by atoms with Gasteiger partial charge in [-0.25, -0.2) is 0 Å². The Balaban J connectivity index is -0.000000000833. The Morgan fingerprint density at radius 1 is 0.571 bits per heavy atom. The molecule has 0 fully saturated rings. The summed E-state index contributed by atoms with van der Waals surface area (Å²) in [5, 5.41) is 0. The first-order chi connectivity index (χ1) is 2.00. The van der Waals surface area contributed by atoms with Crippen LogP contribution in [0.1, 0.15) is 4.28 Å². The van der Waals surface area contributed by atoms with Gasteiger partial charge in [0, 0.05) is 0 Å². The van der Waals surface area contributed by atoms with Crippen molar-refractivity contribution in [2.45, 2.75) is 0 Å². The average Bonchev–Trinajstić information content (AvgIpc) is 1.50. The molecule has 0 radical (unpaired) electrons. The van der Waals surface area contributed by atoms with Gasteiger partial charge in [0.2, 0.25) is 0 Å². The van der Waals surface area contributed by atoms with Gasteiger partial charge < -0.3 is 4.28 Å². The summed E-state index contributed by atoms with van der Waals surface area (Å²) >= 11 is 0. The van der Waals surface area contributed by atoms with Crippen molar-refractivity contribution >= 4 is 0 Å². The largest absolute Gasteiger partial charge is 1.00 e. The molecule has 0 N–H and O–H groups in total. The third-order valence-electron chi connectivity index (χ3n) is 0. The van der Waals surface area contributed by atoms with Gasteiger partial charge in [-0.15, -0.1) is 26.3 Å². The second-order valence-corrected chi connectivity index (χ2v) is 0. The van der Waals surface area contributed by atoms with Gasteiger partial charge in [0.15, 0.2) is 0 Å². The first-order valence-corrected chi connectivity index (χ1v) is 1.000. The molecule has 0 spiro atoms. The van der Waals surface area contributed by atoms with Gasteiger partial charge in [-0.1, -0.05) is 0 Å². The van der Waals surface area contributed by atoms with Gasteiger partial charge in [0.05, 0.1) is 0 Å². The minimum absolute atomic E-state index is 0. The van der Waals surface area contributed by atoms with Crippen LogP contribution in [0.2, 0.25) is 0 Å². The molecule has 0 nitrogen and oxygen atoms in total. The van der Waals surface area contributed by atoms with E-state index in [9.17, 15) is 0 Å². The molecule has 0 saturated carbocycles. The zero-order valence-corrected chi connectivity index (χ0v) is 11.8. The van der Waals surface area contributed by atoms with Crippen molar-refractivity contribution in [3.8, 4) is 0 Å². The monoisotopic (exact) mass is 128 g/mol. The Labute approximate surface area is 117 Å². The van der Waals surface area contributed by atoms with Crippen LogP contribution in [0.25, 0.3) is 0 Å². The molecule has 0 aliphatic carbocycles. The summed E-state index contributed by atoms with van der Waals surface area (Å²) < 4.78 is 0. The molecule has 0 atom stereocenters. The van der Waals surface area contributed by atoms with E-state index in [0.29, 0.717) is 0 Å². The van der Waals surface area contributed by atoms with Crippen LogP contribution >= 0.6 is 0 Å². The molecule has 7 heavy (non-hydrogen) atoms. The van der Waals surface area contributed by atoms with Crippen molar-refractivity contribution in [3.05, 3.63) is 26.3 Å². The maximum Gasteiger partial charge on any atom is 1.00 e. The quantitative estimate of drug-likeness (QED) is 0.225. The molecule has 0 aromatic rings. The Morgan fingerprint density at radius 2 is 0.571 bits per heavy atom.